The number of amides is 6. The maximum Gasteiger partial charge on any atom is 0.274 e. The van der Waals surface area contributed by atoms with E-state index in [4.69, 9.17) is 37.9 Å². The Morgan fingerprint density at radius 3 is 1.31 bits per heavy atom. The molecule has 7 aliphatic heterocycles. The molecule has 7 aliphatic rings. The smallest absolute Gasteiger partial charge is 0.274 e. The number of unbranched alkanes of at least 4 members (excludes halogenated alkanes) is 1. The Labute approximate surface area is 730 Å². The van der Waals surface area contributed by atoms with E-state index in [1.807, 2.05) is 84.9 Å². The molecule has 6 amide bonds. The lowest BCUT2D eigenvalue weighted by molar-refractivity contribution is -0.130. The van der Waals surface area contributed by atoms with Gasteiger partial charge in [0.25, 0.3) is 23.6 Å². The quantitative estimate of drug-likeness (QED) is 0.0506. The predicted octanol–water partition coefficient (Wildman–Crippen LogP) is 14.5. The molecule has 2 aromatic heterocycles. The first-order valence-corrected chi connectivity index (χ1v) is 40.8. The number of ether oxygens (including phenoxy) is 8. The van der Waals surface area contributed by atoms with Crippen LogP contribution in [0.1, 0.15) is 133 Å². The Kier molecular flexibility index (Phi) is 32.2. The minimum atomic E-state index is -0.439. The zero-order valence-electron chi connectivity index (χ0n) is 70.7. The highest BCUT2D eigenvalue weighted by Crippen LogP contribution is 2.35. The third kappa shape index (κ3) is 25.2. The van der Waals surface area contributed by atoms with Crippen molar-refractivity contribution in [3.05, 3.63) is 304 Å². The number of nitrogens with zero attached hydrogens (tertiary/aromatic N) is 13. The fourth-order valence-electron chi connectivity index (χ4n) is 13.7. The molecule has 1 saturated heterocycles. The molecule has 0 radical (unpaired) electrons. The molecular weight excluding hydrogens is 1640 g/mol. The van der Waals surface area contributed by atoms with Crippen LogP contribution in [0.25, 0.3) is 0 Å². The van der Waals surface area contributed by atoms with E-state index >= 15 is 0 Å². The zero-order valence-corrected chi connectivity index (χ0v) is 70.7. The summed E-state index contributed by atoms with van der Waals surface area (Å²) in [6.07, 6.45) is 13.2. The van der Waals surface area contributed by atoms with Gasteiger partial charge >= 0.3 is 0 Å². The van der Waals surface area contributed by atoms with Crippen LogP contribution in [0.15, 0.2) is 250 Å². The van der Waals surface area contributed by atoms with Gasteiger partial charge in [-0.25, -0.2) is 42.6 Å². The van der Waals surface area contributed by atoms with E-state index in [2.05, 4.69) is 42.4 Å². The van der Waals surface area contributed by atoms with Gasteiger partial charge in [0.15, 0.2) is 40.3 Å². The molecule has 0 atom stereocenters. The van der Waals surface area contributed by atoms with Crippen LogP contribution in [0.5, 0.6) is 40.2 Å². The fourth-order valence-corrected chi connectivity index (χ4v) is 13.7. The maximum absolute atomic E-state index is 13.1. The van der Waals surface area contributed by atoms with Crippen LogP contribution in [0.3, 0.4) is 0 Å². The molecular formula is C95H93F4N13O15. The zero-order chi connectivity index (χ0) is 89.7. The third-order valence-electron chi connectivity index (χ3n) is 20.4. The van der Waals surface area contributed by atoms with Crippen LogP contribution < -0.4 is 33.2 Å². The van der Waals surface area contributed by atoms with Crippen LogP contribution in [0.2, 0.25) is 0 Å². The number of carbonyl (C=O) groups excluding carboxylic acids is 7. The standard InChI is InChI=1S/C20H22N2O4.C19H19FN2O3.C16H13N3O3.C15H12FN3O.C14H17FN2O2.C11H10FNO2/c1-24-16-6-4-5-14(11-16)12-20(23)22-10-9-17(21-22)15-7-8-18(25-2)19(13-15)26-3;1-24-17-8-5-14(12-18(17)25-2)16-9-10-22(21-16)19(23)11-13-3-6-15(20)7-4-13;20-16(11-3-4-14-15(8-11)22-10-21-14)19-7-5-13(18-19)12-2-1-6-17-9-12;16-13-5-1-3-11(9-13)15(20)19-8-6-14(18-19)12-4-2-7-17-10-12;1-2-3-9-19-13-7-8-17(16-13)14(18)11-5-4-6-12(15)10-11;12-9-3-1-2-8(6-9)11(15)13-5-4-10(14)7-13/h4-8,11,13H,9-10,12H2,1-3H3;3-8,12H,9-11H2,1-2H3;1-4,6,8-9H,5,7,10H2;1-5,7,9-10H,6,8H2;4-6,10H,2-3,7-9H2,1H3;1-3,6H,4-5,7H2. The Bertz CT molecular complexity index is 5750. The monoisotopic (exact) mass is 1730 g/mol. The van der Waals surface area contributed by atoms with E-state index in [1.165, 1.54) is 96.7 Å². The highest BCUT2D eigenvalue weighted by atomic mass is 19.1. The molecule has 0 spiro atoms. The summed E-state index contributed by atoms with van der Waals surface area (Å²) in [7, 11) is 7.98. The van der Waals surface area contributed by atoms with Crippen molar-refractivity contribution >= 4 is 70.0 Å². The summed E-state index contributed by atoms with van der Waals surface area (Å²) in [4.78, 5) is 94.0. The summed E-state index contributed by atoms with van der Waals surface area (Å²) < 4.78 is 94.4. The van der Waals surface area contributed by atoms with Crippen molar-refractivity contribution in [3.63, 3.8) is 0 Å². The summed E-state index contributed by atoms with van der Waals surface area (Å²) in [5.41, 5.74) is 10.2. The molecule has 656 valence electrons. The van der Waals surface area contributed by atoms with Crippen LogP contribution >= 0.6 is 0 Å². The fraction of sp³-hybridized carbons (Fsp3) is 0.263. The number of carbonyl (C=O) groups is 7. The average Bonchev–Trinajstić information content (AvgIpc) is 1.70. The van der Waals surface area contributed by atoms with E-state index in [0.29, 0.717) is 147 Å². The summed E-state index contributed by atoms with van der Waals surface area (Å²) in [5, 5.41) is 29.0. The molecule has 9 heterocycles. The van der Waals surface area contributed by atoms with Crippen molar-refractivity contribution in [3.8, 4) is 40.2 Å². The van der Waals surface area contributed by atoms with E-state index in [1.54, 1.807) is 109 Å². The molecule has 32 heteroatoms. The van der Waals surface area contributed by atoms with Gasteiger partial charge in [0.05, 0.1) is 117 Å². The van der Waals surface area contributed by atoms with Crippen LogP contribution in [0.4, 0.5) is 17.6 Å². The van der Waals surface area contributed by atoms with Crippen molar-refractivity contribution in [1.82, 2.24) is 39.9 Å². The maximum atomic E-state index is 13.1. The number of hydrogen-bond acceptors (Lipinski definition) is 22. The first kappa shape index (κ1) is 91.2. The van der Waals surface area contributed by atoms with Gasteiger partial charge in [-0.1, -0.05) is 67.9 Å². The van der Waals surface area contributed by atoms with Crippen molar-refractivity contribution in [2.75, 3.05) is 94.8 Å². The summed E-state index contributed by atoms with van der Waals surface area (Å²) >= 11 is 0. The van der Waals surface area contributed by atoms with Gasteiger partial charge in [-0.2, -0.15) is 20.4 Å². The van der Waals surface area contributed by atoms with E-state index in [-0.39, 0.29) is 66.8 Å². The SMILES string of the molecule is CCCCOC1=NN(C(=O)c2cccc(F)c2)CC1.COc1ccc(C2=NN(C(=O)Cc3ccc(F)cc3)CC2)cc1OC.COc1cccc(CC(=O)N2CCC(c3ccc(OC)c(OC)c3)=N2)c1.O=C(c1ccc2c(c1)OCO2)N1CCC(c2cccnc2)=N1.O=C(c1cccc(F)c1)N1CCC(c2cccnc2)=N1.O=C1CCN(C(=O)c2cccc(F)c2)C1. The molecule has 127 heavy (non-hydrogen) atoms. The van der Waals surface area contributed by atoms with Gasteiger partial charge in [0.1, 0.15) is 29.0 Å². The number of hydrogen-bond donors (Lipinski definition) is 0. The number of halogens is 4. The second-order valence-corrected chi connectivity index (χ2v) is 29.0. The molecule has 0 unspecified atom stereocenters. The Hall–Kier alpha value is -15.0. The van der Waals surface area contributed by atoms with Gasteiger partial charge < -0.3 is 42.8 Å². The Morgan fingerprint density at radius 2 is 0.843 bits per heavy atom. The van der Waals surface area contributed by atoms with E-state index in [9.17, 15) is 51.1 Å². The summed E-state index contributed by atoms with van der Waals surface area (Å²) in [6.45, 7) is 6.14. The summed E-state index contributed by atoms with van der Waals surface area (Å²) in [5.74, 6) is 2.48. The minimum absolute atomic E-state index is 0.0336. The van der Waals surface area contributed by atoms with Crippen molar-refractivity contribution in [2.24, 2.45) is 25.5 Å². The molecule has 1 fully saturated rings. The second-order valence-electron chi connectivity index (χ2n) is 29.0. The highest BCUT2D eigenvalue weighted by molar-refractivity contribution is 6.07. The number of pyridine rings is 2. The number of Topliss-reactive ketones (excluding diaryl/α,β-unsaturated/α-hetero) is 1. The molecule has 10 aromatic rings. The van der Waals surface area contributed by atoms with Gasteiger partial charge in [0, 0.05) is 114 Å². The first-order chi connectivity index (χ1) is 61.7. The van der Waals surface area contributed by atoms with Crippen LogP contribution in [-0.4, -0.2) is 205 Å². The number of benzene rings is 8. The van der Waals surface area contributed by atoms with Crippen LogP contribution in [0, 0.1) is 23.3 Å². The lowest BCUT2D eigenvalue weighted by Gasteiger charge is -2.13. The molecule has 0 N–H and O–H groups in total. The minimum Gasteiger partial charge on any atom is -0.497 e. The molecule has 28 nitrogen and oxygen atoms in total. The lowest BCUT2D eigenvalue weighted by Crippen LogP contribution is -2.28. The molecule has 8 aromatic carbocycles. The van der Waals surface area contributed by atoms with E-state index < -0.39 is 17.5 Å². The van der Waals surface area contributed by atoms with E-state index in [0.717, 1.165) is 81.2 Å². The second kappa shape index (κ2) is 44.9. The number of rotatable bonds is 20. The lowest BCUT2D eigenvalue weighted by atomic mass is 10.1. The molecule has 0 aliphatic carbocycles. The topological polar surface area (TPSA) is 300 Å². The normalized spacial score (nSPS) is 14.4. The number of hydrazone groups is 5. The van der Waals surface area contributed by atoms with Gasteiger partial charge in [0.2, 0.25) is 24.5 Å². The largest absolute Gasteiger partial charge is 0.497 e. The molecule has 17 rings (SSSR count). The average molecular weight is 1730 g/mol. The van der Waals surface area contributed by atoms with Gasteiger partial charge in [-0.3, -0.25) is 43.5 Å². The third-order valence-corrected chi connectivity index (χ3v) is 20.4. The molecule has 0 saturated carbocycles. The summed E-state index contributed by atoms with van der Waals surface area (Å²) in [6, 6.07) is 54.1. The van der Waals surface area contributed by atoms with Crippen LogP contribution in [-0.2, 0) is 32.0 Å². The molecule has 0 bridgehead atoms. The van der Waals surface area contributed by atoms with Gasteiger partial charge in [-0.05, 0) is 163 Å². The van der Waals surface area contributed by atoms with Crippen molar-refractivity contribution < 1.29 is 89.0 Å². The van der Waals surface area contributed by atoms with Crippen molar-refractivity contribution in [2.45, 2.75) is 71.1 Å². The number of fused-ring (bicyclic) bond motifs is 1. The number of methoxy groups -OCH3 is 5. The predicted molar refractivity (Wildman–Crippen MR) is 466 cm³/mol. The highest BCUT2D eigenvalue weighted by Gasteiger charge is 2.31. The van der Waals surface area contributed by atoms with Crippen molar-refractivity contribution in [1.29, 1.82) is 0 Å². The first-order valence-electron chi connectivity index (χ1n) is 40.8. The number of likely N-dealkylation sites (tertiary alicyclic amines) is 1. The van der Waals surface area contributed by atoms with Gasteiger partial charge in [-0.15, -0.1) is 5.10 Å². The Morgan fingerprint density at radius 1 is 0.386 bits per heavy atom. The Balaban J connectivity index is 0.000000139. The number of ketones is 1. The number of aromatic nitrogens is 2.